The Morgan fingerprint density at radius 3 is 2.15 bits per heavy atom. The van der Waals surface area contributed by atoms with Crippen LogP contribution in [0.4, 0.5) is 13.2 Å². The van der Waals surface area contributed by atoms with E-state index in [1.807, 2.05) is 25.1 Å². The standard InChI is InChI=1S/C33H37F3O3/c1-3-5-6-7-8-9-19-37-30-18-17-28(32(35)33(30)36)24-13-11-23(12-14-24)25-15-16-27(29(34)20-25)26-21-38-31(10-4-2)39-22-26/h4,10-18,20,26,31H,3,5-9,19,21-22H2,1-2H3. The van der Waals surface area contributed by atoms with E-state index in [1.54, 1.807) is 30.3 Å². The Morgan fingerprint density at radius 2 is 1.46 bits per heavy atom. The summed E-state index contributed by atoms with van der Waals surface area (Å²) in [5.74, 6) is -2.50. The van der Waals surface area contributed by atoms with Crippen molar-refractivity contribution >= 4 is 0 Å². The molecule has 0 aromatic heterocycles. The molecule has 208 valence electrons. The highest BCUT2D eigenvalue weighted by atomic mass is 19.2. The number of hydrogen-bond acceptors (Lipinski definition) is 3. The van der Waals surface area contributed by atoms with Gasteiger partial charge in [0.2, 0.25) is 5.82 Å². The summed E-state index contributed by atoms with van der Waals surface area (Å²) in [6, 6.07) is 15.1. The van der Waals surface area contributed by atoms with Crippen LogP contribution in [0.5, 0.6) is 5.75 Å². The third kappa shape index (κ3) is 7.52. The lowest BCUT2D eigenvalue weighted by molar-refractivity contribution is -0.159. The Bertz CT molecular complexity index is 1230. The van der Waals surface area contributed by atoms with Crippen LogP contribution >= 0.6 is 0 Å². The van der Waals surface area contributed by atoms with Gasteiger partial charge in [-0.05, 0) is 59.9 Å². The molecule has 0 N–H and O–H groups in total. The van der Waals surface area contributed by atoms with Gasteiger partial charge in [-0.2, -0.15) is 4.39 Å². The fourth-order valence-corrected chi connectivity index (χ4v) is 4.78. The van der Waals surface area contributed by atoms with Gasteiger partial charge in [0.05, 0.1) is 19.8 Å². The third-order valence-electron chi connectivity index (χ3n) is 7.04. The largest absolute Gasteiger partial charge is 0.490 e. The molecule has 6 heteroatoms. The molecule has 3 aromatic carbocycles. The predicted molar refractivity (Wildman–Crippen MR) is 149 cm³/mol. The van der Waals surface area contributed by atoms with Crippen molar-refractivity contribution in [3.05, 3.63) is 89.8 Å². The van der Waals surface area contributed by atoms with Crippen LogP contribution in [0.3, 0.4) is 0 Å². The van der Waals surface area contributed by atoms with Crippen molar-refractivity contribution in [2.75, 3.05) is 19.8 Å². The molecule has 1 aliphatic rings. The number of halogens is 3. The summed E-state index contributed by atoms with van der Waals surface area (Å²) in [5.41, 5.74) is 2.69. The molecule has 1 aliphatic heterocycles. The van der Waals surface area contributed by atoms with Gasteiger partial charge >= 0.3 is 0 Å². The molecule has 0 radical (unpaired) electrons. The van der Waals surface area contributed by atoms with E-state index >= 15 is 0 Å². The average Bonchev–Trinajstić information content (AvgIpc) is 2.95. The molecule has 3 aromatic rings. The van der Waals surface area contributed by atoms with Gasteiger partial charge in [-0.1, -0.05) is 81.5 Å². The minimum atomic E-state index is -0.979. The molecule has 0 bridgehead atoms. The highest BCUT2D eigenvalue weighted by Gasteiger charge is 2.24. The summed E-state index contributed by atoms with van der Waals surface area (Å²) in [6.07, 6.45) is 9.84. The monoisotopic (exact) mass is 538 g/mol. The van der Waals surface area contributed by atoms with Crippen LogP contribution in [0.15, 0.2) is 66.7 Å². The molecular formula is C33H37F3O3. The van der Waals surface area contributed by atoms with E-state index < -0.39 is 11.6 Å². The lowest BCUT2D eigenvalue weighted by Gasteiger charge is -2.28. The Hall–Kier alpha value is -3.09. The molecule has 0 amide bonds. The van der Waals surface area contributed by atoms with E-state index in [0.29, 0.717) is 36.5 Å². The number of unbranched alkanes of at least 4 members (excludes halogenated alkanes) is 5. The third-order valence-corrected chi connectivity index (χ3v) is 7.04. The second kappa shape index (κ2) is 14.3. The van der Waals surface area contributed by atoms with Crippen molar-refractivity contribution in [3.63, 3.8) is 0 Å². The highest BCUT2D eigenvalue weighted by Crippen LogP contribution is 2.33. The lowest BCUT2D eigenvalue weighted by atomic mass is 9.95. The van der Waals surface area contributed by atoms with Crippen LogP contribution < -0.4 is 4.74 Å². The smallest absolute Gasteiger partial charge is 0.201 e. The second-order valence-electron chi connectivity index (χ2n) is 9.93. The van der Waals surface area contributed by atoms with E-state index in [4.69, 9.17) is 14.2 Å². The van der Waals surface area contributed by atoms with Gasteiger partial charge in [0.15, 0.2) is 17.9 Å². The van der Waals surface area contributed by atoms with Gasteiger partial charge in [0, 0.05) is 11.5 Å². The average molecular weight is 539 g/mol. The van der Waals surface area contributed by atoms with Crippen molar-refractivity contribution in [1.29, 1.82) is 0 Å². The Labute approximate surface area is 229 Å². The molecule has 0 unspecified atom stereocenters. The zero-order chi connectivity index (χ0) is 27.6. The predicted octanol–water partition coefficient (Wildman–Crippen LogP) is 9.21. The van der Waals surface area contributed by atoms with Crippen LogP contribution in [0.2, 0.25) is 0 Å². The zero-order valence-corrected chi connectivity index (χ0v) is 22.7. The number of benzene rings is 3. The first-order valence-electron chi connectivity index (χ1n) is 13.9. The van der Waals surface area contributed by atoms with E-state index in [0.717, 1.165) is 24.8 Å². The minimum absolute atomic E-state index is 0.0666. The number of allylic oxidation sites excluding steroid dienone is 1. The summed E-state index contributed by atoms with van der Waals surface area (Å²) in [6.45, 7) is 5.18. The maximum Gasteiger partial charge on any atom is 0.201 e. The molecule has 4 rings (SSSR count). The maximum absolute atomic E-state index is 15.0. The molecule has 1 saturated heterocycles. The first-order valence-corrected chi connectivity index (χ1v) is 13.9. The highest BCUT2D eigenvalue weighted by molar-refractivity contribution is 5.71. The first kappa shape index (κ1) is 28.9. The van der Waals surface area contributed by atoms with Gasteiger partial charge in [-0.25, -0.2) is 8.78 Å². The van der Waals surface area contributed by atoms with Crippen molar-refractivity contribution in [2.24, 2.45) is 0 Å². The van der Waals surface area contributed by atoms with Gasteiger partial charge < -0.3 is 14.2 Å². The normalized spacial score (nSPS) is 17.6. The van der Waals surface area contributed by atoms with Crippen LogP contribution in [-0.2, 0) is 9.47 Å². The summed E-state index contributed by atoms with van der Waals surface area (Å²) in [5, 5.41) is 0. The lowest BCUT2D eigenvalue weighted by Crippen LogP contribution is -2.29. The Balaban J connectivity index is 1.38. The summed E-state index contributed by atoms with van der Waals surface area (Å²) in [7, 11) is 0. The van der Waals surface area contributed by atoms with Crippen LogP contribution in [0.1, 0.15) is 63.9 Å². The SMILES string of the molecule is CC=CC1OCC(c2ccc(-c3ccc(-c4ccc(OCCCCCCCC)c(F)c4F)cc3)cc2F)CO1. The van der Waals surface area contributed by atoms with Crippen molar-refractivity contribution in [3.8, 4) is 28.0 Å². The van der Waals surface area contributed by atoms with E-state index in [9.17, 15) is 13.2 Å². The van der Waals surface area contributed by atoms with E-state index in [1.165, 1.54) is 37.5 Å². The van der Waals surface area contributed by atoms with Gasteiger partial charge in [0.1, 0.15) is 5.82 Å². The zero-order valence-electron chi connectivity index (χ0n) is 22.7. The van der Waals surface area contributed by atoms with E-state index in [-0.39, 0.29) is 29.3 Å². The summed E-state index contributed by atoms with van der Waals surface area (Å²) >= 11 is 0. The quantitative estimate of drug-likeness (QED) is 0.170. The second-order valence-corrected chi connectivity index (χ2v) is 9.93. The molecule has 0 spiro atoms. The van der Waals surface area contributed by atoms with Crippen molar-refractivity contribution < 1.29 is 27.4 Å². The molecule has 0 aliphatic carbocycles. The first-order chi connectivity index (χ1) is 19.0. The molecule has 39 heavy (non-hydrogen) atoms. The van der Waals surface area contributed by atoms with Gasteiger partial charge in [0.25, 0.3) is 0 Å². The number of rotatable bonds is 12. The topological polar surface area (TPSA) is 27.7 Å². The summed E-state index contributed by atoms with van der Waals surface area (Å²) in [4.78, 5) is 0. The number of ether oxygens (including phenoxy) is 3. The van der Waals surface area contributed by atoms with Gasteiger partial charge in [-0.15, -0.1) is 0 Å². The van der Waals surface area contributed by atoms with Crippen molar-refractivity contribution in [2.45, 2.75) is 64.6 Å². The summed E-state index contributed by atoms with van der Waals surface area (Å²) < 4.78 is 61.4. The maximum atomic E-state index is 15.0. The molecule has 1 heterocycles. The molecule has 1 fully saturated rings. The fraction of sp³-hybridized carbons (Fsp3) is 0.394. The Morgan fingerprint density at radius 1 is 0.795 bits per heavy atom. The molecule has 0 saturated carbocycles. The van der Waals surface area contributed by atoms with Crippen LogP contribution in [0, 0.1) is 17.5 Å². The van der Waals surface area contributed by atoms with E-state index in [2.05, 4.69) is 6.92 Å². The van der Waals surface area contributed by atoms with Crippen LogP contribution in [-0.4, -0.2) is 26.1 Å². The fourth-order valence-electron chi connectivity index (χ4n) is 4.78. The molecule has 0 atom stereocenters. The molecular weight excluding hydrogens is 501 g/mol. The molecule has 3 nitrogen and oxygen atoms in total. The van der Waals surface area contributed by atoms with Crippen molar-refractivity contribution in [1.82, 2.24) is 0 Å². The van der Waals surface area contributed by atoms with Gasteiger partial charge in [-0.3, -0.25) is 0 Å². The minimum Gasteiger partial charge on any atom is -0.490 e. The van der Waals surface area contributed by atoms with Crippen LogP contribution in [0.25, 0.3) is 22.3 Å². The number of hydrogen-bond donors (Lipinski definition) is 0. The Kier molecular flexibility index (Phi) is 10.6.